The maximum absolute atomic E-state index is 14.4. The maximum Gasteiger partial charge on any atom is 0.446 e. The van der Waals surface area contributed by atoms with Crippen LogP contribution < -0.4 is 16.0 Å². The van der Waals surface area contributed by atoms with Crippen LogP contribution in [0, 0.1) is 11.2 Å². The van der Waals surface area contributed by atoms with Gasteiger partial charge in [-0.05, 0) is 53.8 Å². The van der Waals surface area contributed by atoms with Gasteiger partial charge < -0.3 is 10.6 Å². The average Bonchev–Trinajstić information content (AvgIpc) is 3.51. The molecule has 33 heavy (non-hydrogen) atoms. The molecule has 4 rings (SSSR count). The number of nitrogens with zero attached hydrogens (tertiary/aromatic N) is 2. The summed E-state index contributed by atoms with van der Waals surface area (Å²) >= 11 is -0.523. The summed E-state index contributed by atoms with van der Waals surface area (Å²) in [6.07, 6.45) is 3.68. The molecule has 0 spiro atoms. The Morgan fingerprint density at radius 3 is 2.58 bits per heavy atom. The van der Waals surface area contributed by atoms with Crippen LogP contribution in [0.5, 0.6) is 0 Å². The van der Waals surface area contributed by atoms with Crippen molar-refractivity contribution in [2.75, 3.05) is 0 Å². The highest BCUT2D eigenvalue weighted by molar-refractivity contribution is 8.00. The number of aromatic nitrogens is 2. The van der Waals surface area contributed by atoms with Crippen LogP contribution in [-0.2, 0) is 9.59 Å². The predicted octanol–water partition coefficient (Wildman–Crippen LogP) is 3.36. The number of alkyl halides is 3. The van der Waals surface area contributed by atoms with Gasteiger partial charge in [-0.1, -0.05) is 13.0 Å². The van der Waals surface area contributed by atoms with Crippen LogP contribution in [0.4, 0.5) is 17.6 Å². The Labute approximate surface area is 191 Å². The highest BCUT2D eigenvalue weighted by Gasteiger charge is 2.47. The van der Waals surface area contributed by atoms with Crippen molar-refractivity contribution in [1.82, 2.24) is 25.9 Å². The zero-order chi connectivity index (χ0) is 23.8. The molecule has 1 saturated heterocycles. The van der Waals surface area contributed by atoms with E-state index >= 15 is 0 Å². The monoisotopic (exact) mass is 483 g/mol. The summed E-state index contributed by atoms with van der Waals surface area (Å²) in [4.78, 5) is 32.9. The molecule has 1 aliphatic carbocycles. The molecular weight excluding hydrogens is 462 g/mol. The molecule has 1 aliphatic heterocycles. The lowest BCUT2D eigenvalue weighted by atomic mass is 9.91. The van der Waals surface area contributed by atoms with Crippen molar-refractivity contribution in [1.29, 1.82) is 0 Å². The summed E-state index contributed by atoms with van der Waals surface area (Å²) in [5, 5.41) is 8.56. The third kappa shape index (κ3) is 5.61. The smallest absolute Gasteiger partial charge is 0.347 e. The van der Waals surface area contributed by atoms with Gasteiger partial charge in [-0.2, -0.15) is 13.2 Å². The van der Waals surface area contributed by atoms with Crippen LogP contribution in [0.2, 0.25) is 0 Å². The van der Waals surface area contributed by atoms with Crippen LogP contribution >= 0.6 is 11.8 Å². The van der Waals surface area contributed by atoms with E-state index in [-0.39, 0.29) is 17.7 Å². The van der Waals surface area contributed by atoms with Gasteiger partial charge in [0.1, 0.15) is 12.0 Å². The number of nitrogens with one attached hydrogen (secondary N) is 3. The molecule has 12 heteroatoms. The zero-order valence-corrected chi connectivity index (χ0v) is 18.3. The Bertz CT molecular complexity index is 1050. The average molecular weight is 483 g/mol. The first kappa shape index (κ1) is 23.4. The van der Waals surface area contributed by atoms with E-state index in [0.29, 0.717) is 11.4 Å². The number of hydrogen-bond acceptors (Lipinski definition) is 6. The topological polar surface area (TPSA) is 96.0 Å². The van der Waals surface area contributed by atoms with E-state index in [0.717, 1.165) is 25.0 Å². The first-order valence-electron chi connectivity index (χ1n) is 10.2. The molecule has 7 nitrogen and oxygen atoms in total. The molecule has 3 atom stereocenters. The highest BCUT2D eigenvalue weighted by atomic mass is 32.2. The van der Waals surface area contributed by atoms with E-state index in [2.05, 4.69) is 25.9 Å². The summed E-state index contributed by atoms with van der Waals surface area (Å²) in [7, 11) is 0. The predicted molar refractivity (Wildman–Crippen MR) is 111 cm³/mol. The quantitative estimate of drug-likeness (QED) is 0.431. The highest BCUT2D eigenvalue weighted by Crippen LogP contribution is 2.54. The third-order valence-corrected chi connectivity index (χ3v) is 6.54. The molecule has 2 aliphatic rings. The van der Waals surface area contributed by atoms with Crippen molar-refractivity contribution in [3.63, 3.8) is 0 Å². The van der Waals surface area contributed by atoms with E-state index in [4.69, 9.17) is 0 Å². The second-order valence-electron chi connectivity index (χ2n) is 8.36. The van der Waals surface area contributed by atoms with Gasteiger partial charge >= 0.3 is 5.51 Å². The molecule has 0 bridgehead atoms. The number of carbonyl (C=O) groups excluding carboxylic acids is 2. The number of rotatable bonds is 6. The molecule has 176 valence electrons. The molecule has 2 heterocycles. The lowest BCUT2D eigenvalue weighted by molar-refractivity contribution is -0.132. The van der Waals surface area contributed by atoms with Gasteiger partial charge in [0.2, 0.25) is 11.8 Å². The molecule has 3 N–H and O–H groups in total. The molecule has 2 fully saturated rings. The van der Waals surface area contributed by atoms with Gasteiger partial charge in [-0.15, -0.1) is 0 Å². The molecule has 1 aromatic heterocycles. The van der Waals surface area contributed by atoms with E-state index in [9.17, 15) is 27.2 Å². The Balaban J connectivity index is 1.52. The van der Waals surface area contributed by atoms with Gasteiger partial charge in [-0.3, -0.25) is 14.9 Å². The molecule has 1 saturated carbocycles. The normalized spacial score (nSPS) is 22.9. The Morgan fingerprint density at radius 2 is 1.97 bits per heavy atom. The fourth-order valence-corrected chi connectivity index (χ4v) is 4.31. The van der Waals surface area contributed by atoms with Gasteiger partial charge in [0.15, 0.2) is 5.82 Å². The lowest BCUT2D eigenvalue weighted by Gasteiger charge is -2.32. The Hall–Kier alpha value is -2.73. The van der Waals surface area contributed by atoms with Crippen LogP contribution in [0.1, 0.15) is 49.8 Å². The largest absolute Gasteiger partial charge is 0.446 e. The van der Waals surface area contributed by atoms with Crippen molar-refractivity contribution in [3.05, 3.63) is 53.9 Å². The SMILES string of the molecule is CC1(C(NC(=O)C2CC(=O)NC(c3ncccn3)N2)c2ccc(SC(F)(F)F)c(F)c2)CC1. The van der Waals surface area contributed by atoms with Crippen LogP contribution in [0.25, 0.3) is 0 Å². The molecule has 0 radical (unpaired) electrons. The Morgan fingerprint density at radius 1 is 1.27 bits per heavy atom. The summed E-state index contributed by atoms with van der Waals surface area (Å²) in [6.45, 7) is 1.91. The summed E-state index contributed by atoms with van der Waals surface area (Å²) in [6, 6.07) is 3.61. The van der Waals surface area contributed by atoms with Gasteiger partial charge in [0, 0.05) is 12.4 Å². The third-order valence-electron chi connectivity index (χ3n) is 5.76. The van der Waals surface area contributed by atoms with Gasteiger partial charge in [0.25, 0.3) is 0 Å². The number of amides is 2. The number of thioether (sulfide) groups is 1. The molecule has 2 amide bonds. The van der Waals surface area contributed by atoms with Crippen LogP contribution in [0.15, 0.2) is 41.6 Å². The summed E-state index contributed by atoms with van der Waals surface area (Å²) < 4.78 is 52.3. The van der Waals surface area contributed by atoms with Crippen molar-refractivity contribution in [2.45, 2.75) is 54.8 Å². The molecular formula is C21H21F4N5O2S. The fourth-order valence-electron chi connectivity index (χ4n) is 3.77. The van der Waals surface area contributed by atoms with Crippen molar-refractivity contribution < 1.29 is 27.2 Å². The summed E-state index contributed by atoms with van der Waals surface area (Å²) in [5.74, 6) is -1.54. The van der Waals surface area contributed by atoms with E-state index < -0.39 is 52.1 Å². The van der Waals surface area contributed by atoms with Crippen molar-refractivity contribution in [2.24, 2.45) is 5.41 Å². The van der Waals surface area contributed by atoms with Gasteiger partial charge in [-0.25, -0.2) is 14.4 Å². The number of carbonyl (C=O) groups is 2. The molecule has 1 aromatic carbocycles. The van der Waals surface area contributed by atoms with Gasteiger partial charge in [0.05, 0.1) is 23.4 Å². The van der Waals surface area contributed by atoms with E-state index in [1.165, 1.54) is 18.5 Å². The first-order valence-corrected chi connectivity index (χ1v) is 11.0. The van der Waals surface area contributed by atoms with E-state index in [1.807, 2.05) is 6.92 Å². The number of halogens is 4. The van der Waals surface area contributed by atoms with E-state index in [1.54, 1.807) is 6.07 Å². The second-order valence-corrected chi connectivity index (χ2v) is 9.47. The minimum atomic E-state index is -4.61. The summed E-state index contributed by atoms with van der Waals surface area (Å²) in [5.41, 5.74) is -4.60. The van der Waals surface area contributed by atoms with Crippen LogP contribution in [0.3, 0.4) is 0 Å². The number of benzene rings is 1. The lowest BCUT2D eigenvalue weighted by Crippen LogP contribution is -2.57. The fraction of sp³-hybridized carbons (Fsp3) is 0.429. The molecule has 2 aromatic rings. The Kier molecular flexibility index (Phi) is 6.32. The zero-order valence-electron chi connectivity index (χ0n) is 17.4. The molecule has 3 unspecified atom stereocenters. The standard InChI is InChI=1S/C21H21F4N5O2S/c1-20(5-6-20)16(11-3-4-14(12(22)9-11)33-21(23,24)25)30-19(32)13-10-15(31)29-18(28-13)17-26-7-2-8-27-17/h2-4,7-9,13,16,18,28H,5-6,10H2,1H3,(H,29,31)(H,30,32). The van der Waals surface area contributed by atoms with Crippen molar-refractivity contribution >= 4 is 23.6 Å². The number of hydrogen-bond donors (Lipinski definition) is 3. The van der Waals surface area contributed by atoms with Crippen LogP contribution in [-0.4, -0.2) is 33.3 Å². The maximum atomic E-state index is 14.4. The van der Waals surface area contributed by atoms with Crippen molar-refractivity contribution in [3.8, 4) is 0 Å². The second kappa shape index (κ2) is 8.90. The minimum Gasteiger partial charge on any atom is -0.347 e. The first-order chi connectivity index (χ1) is 15.5. The minimum absolute atomic E-state index is 0.117.